The summed E-state index contributed by atoms with van der Waals surface area (Å²) in [6.45, 7) is 4.09. The maximum Gasteiger partial charge on any atom is 0.338 e. The number of nitrogens with zero attached hydrogens (tertiary/aromatic N) is 1. The molecule has 180 valence electrons. The molecule has 4 N–H and O–H groups in total. The molecular weight excluding hydrogens is 482 g/mol. The van der Waals surface area contributed by atoms with E-state index in [0.29, 0.717) is 35.4 Å². The molecule has 0 saturated heterocycles. The van der Waals surface area contributed by atoms with Crippen LogP contribution in [-0.2, 0) is 11.3 Å². The van der Waals surface area contributed by atoms with Crippen molar-refractivity contribution in [1.82, 2.24) is 5.32 Å². The highest BCUT2D eigenvalue weighted by atomic mass is 79.9. The number of carbonyl (C=O) groups excluding carboxylic acids is 1. The van der Waals surface area contributed by atoms with Crippen molar-refractivity contribution in [3.63, 3.8) is 0 Å². The predicted molar refractivity (Wildman–Crippen MR) is 138 cm³/mol. The SMILES string of the molecule is CCC1(NCc2cc(C(=O)OCCN(CCO)c3ccccc3)cc(Br)c2N)CCCCC1. The van der Waals surface area contributed by atoms with Gasteiger partial charge in [0.1, 0.15) is 6.61 Å². The Hall–Kier alpha value is -2.09. The lowest BCUT2D eigenvalue weighted by atomic mass is 9.79. The molecule has 1 fully saturated rings. The van der Waals surface area contributed by atoms with Gasteiger partial charge in [0.2, 0.25) is 0 Å². The lowest BCUT2D eigenvalue weighted by Gasteiger charge is -2.38. The Labute approximate surface area is 205 Å². The normalized spacial score (nSPS) is 15.2. The second kappa shape index (κ2) is 12.4. The van der Waals surface area contributed by atoms with E-state index in [9.17, 15) is 9.90 Å². The monoisotopic (exact) mass is 517 g/mol. The van der Waals surface area contributed by atoms with E-state index in [0.717, 1.165) is 17.7 Å². The average molecular weight is 518 g/mol. The van der Waals surface area contributed by atoms with Gasteiger partial charge < -0.3 is 25.8 Å². The number of halogens is 1. The fourth-order valence-corrected chi connectivity index (χ4v) is 5.07. The molecule has 0 atom stereocenters. The third-order valence-electron chi connectivity index (χ3n) is 6.68. The molecule has 0 heterocycles. The standard InChI is InChI=1S/C26H36BrN3O3/c1-2-26(11-7-4-8-12-26)29-19-21-17-20(18-23(27)24(21)28)25(32)33-16-14-30(13-15-31)22-9-5-3-6-10-22/h3,5-6,9-10,17-18,29,31H,2,4,7-8,11-16,19,28H2,1H3. The first-order valence-electron chi connectivity index (χ1n) is 11.9. The van der Waals surface area contributed by atoms with Crippen molar-refractivity contribution in [2.24, 2.45) is 0 Å². The minimum Gasteiger partial charge on any atom is -0.460 e. The molecule has 7 heteroatoms. The van der Waals surface area contributed by atoms with Crippen molar-refractivity contribution in [1.29, 1.82) is 0 Å². The Balaban J connectivity index is 1.62. The van der Waals surface area contributed by atoms with Gasteiger partial charge in [0.25, 0.3) is 0 Å². The molecule has 0 unspecified atom stereocenters. The summed E-state index contributed by atoms with van der Waals surface area (Å²) in [6, 6.07) is 13.4. The predicted octanol–water partition coefficient (Wildman–Crippen LogP) is 4.89. The molecule has 2 aromatic rings. The summed E-state index contributed by atoms with van der Waals surface area (Å²) in [6.07, 6.45) is 7.25. The zero-order valence-corrected chi connectivity index (χ0v) is 21.1. The van der Waals surface area contributed by atoms with E-state index in [2.05, 4.69) is 28.2 Å². The number of benzene rings is 2. The van der Waals surface area contributed by atoms with Crippen LogP contribution in [0.5, 0.6) is 0 Å². The fraction of sp³-hybridized carbons (Fsp3) is 0.500. The molecule has 3 rings (SSSR count). The van der Waals surface area contributed by atoms with E-state index in [1.54, 1.807) is 6.07 Å². The molecule has 0 spiro atoms. The molecule has 6 nitrogen and oxygen atoms in total. The Kier molecular flexibility index (Phi) is 9.59. The van der Waals surface area contributed by atoms with Crippen molar-refractivity contribution >= 4 is 33.3 Å². The summed E-state index contributed by atoms with van der Waals surface area (Å²) in [5.74, 6) is -0.378. The van der Waals surface area contributed by atoms with E-state index in [1.165, 1.54) is 32.1 Å². The highest BCUT2D eigenvalue weighted by Gasteiger charge is 2.29. The molecule has 0 aliphatic heterocycles. The number of carbonyl (C=O) groups is 1. The molecule has 0 bridgehead atoms. The van der Waals surface area contributed by atoms with E-state index in [4.69, 9.17) is 10.5 Å². The molecular formula is C26H36BrN3O3. The quantitative estimate of drug-likeness (QED) is 0.290. The first kappa shape index (κ1) is 25.5. The maximum absolute atomic E-state index is 12.8. The molecule has 1 aliphatic carbocycles. The third kappa shape index (κ3) is 6.95. The molecule has 0 amide bonds. The van der Waals surface area contributed by atoms with Crippen LogP contribution in [0.15, 0.2) is 46.9 Å². The van der Waals surface area contributed by atoms with Crippen LogP contribution in [0.2, 0.25) is 0 Å². The zero-order chi connectivity index (χ0) is 23.7. The summed E-state index contributed by atoms with van der Waals surface area (Å²) >= 11 is 3.51. The molecule has 0 aromatic heterocycles. The van der Waals surface area contributed by atoms with Crippen molar-refractivity contribution in [3.05, 3.63) is 58.1 Å². The fourth-order valence-electron chi connectivity index (χ4n) is 4.57. The number of nitrogens with one attached hydrogen (secondary N) is 1. The van der Waals surface area contributed by atoms with E-state index in [-0.39, 0.29) is 24.7 Å². The van der Waals surface area contributed by atoms with Gasteiger partial charge in [-0.2, -0.15) is 0 Å². The Morgan fingerprint density at radius 3 is 2.58 bits per heavy atom. The highest BCUT2D eigenvalue weighted by molar-refractivity contribution is 9.10. The summed E-state index contributed by atoms with van der Waals surface area (Å²) in [5.41, 5.74) is 9.50. The number of para-hydroxylation sites is 1. The summed E-state index contributed by atoms with van der Waals surface area (Å²) in [7, 11) is 0. The van der Waals surface area contributed by atoms with Crippen LogP contribution in [0.1, 0.15) is 61.4 Å². The molecule has 2 aromatic carbocycles. The molecule has 0 radical (unpaired) electrons. The number of nitrogen functional groups attached to an aromatic ring is 1. The van der Waals surface area contributed by atoms with E-state index in [1.807, 2.05) is 41.3 Å². The highest BCUT2D eigenvalue weighted by Crippen LogP contribution is 2.32. The van der Waals surface area contributed by atoms with Crippen molar-refractivity contribution in [2.45, 2.75) is 57.5 Å². The minimum atomic E-state index is -0.378. The molecule has 33 heavy (non-hydrogen) atoms. The smallest absolute Gasteiger partial charge is 0.338 e. The van der Waals surface area contributed by atoms with Crippen LogP contribution in [0.3, 0.4) is 0 Å². The van der Waals surface area contributed by atoms with Crippen LogP contribution < -0.4 is 16.0 Å². The van der Waals surface area contributed by atoms with Gasteiger partial charge in [-0.05, 0) is 65.0 Å². The second-order valence-electron chi connectivity index (χ2n) is 8.76. The number of anilines is 2. The number of hydrogen-bond donors (Lipinski definition) is 3. The van der Waals surface area contributed by atoms with Gasteiger partial charge in [0.05, 0.1) is 24.4 Å². The van der Waals surface area contributed by atoms with Gasteiger partial charge in [-0.3, -0.25) is 0 Å². The first-order valence-corrected chi connectivity index (χ1v) is 12.7. The summed E-state index contributed by atoms with van der Waals surface area (Å²) in [4.78, 5) is 14.8. The van der Waals surface area contributed by atoms with Gasteiger partial charge in [-0.15, -0.1) is 0 Å². The summed E-state index contributed by atoms with van der Waals surface area (Å²) < 4.78 is 6.27. The zero-order valence-electron chi connectivity index (χ0n) is 19.5. The number of aliphatic hydroxyl groups is 1. The minimum absolute atomic E-state index is 0.0311. The molecule has 1 aliphatic rings. The van der Waals surface area contributed by atoms with Crippen molar-refractivity contribution < 1.29 is 14.6 Å². The number of nitrogens with two attached hydrogens (primary N) is 1. The summed E-state index contributed by atoms with van der Waals surface area (Å²) in [5, 5.41) is 13.1. The Bertz CT molecular complexity index is 901. The van der Waals surface area contributed by atoms with Crippen LogP contribution in [0.4, 0.5) is 11.4 Å². The number of aliphatic hydroxyl groups excluding tert-OH is 1. The van der Waals surface area contributed by atoms with Gasteiger partial charge in [0, 0.05) is 28.8 Å². The maximum atomic E-state index is 12.8. The average Bonchev–Trinajstić information content (AvgIpc) is 2.85. The first-order chi connectivity index (χ1) is 16.0. The van der Waals surface area contributed by atoms with E-state index < -0.39 is 0 Å². The van der Waals surface area contributed by atoms with Crippen LogP contribution >= 0.6 is 15.9 Å². The largest absolute Gasteiger partial charge is 0.460 e. The number of esters is 1. The number of rotatable bonds is 11. The Morgan fingerprint density at radius 2 is 1.91 bits per heavy atom. The van der Waals surface area contributed by atoms with Gasteiger partial charge in [0.15, 0.2) is 0 Å². The van der Waals surface area contributed by atoms with Crippen molar-refractivity contribution in [2.75, 3.05) is 36.9 Å². The van der Waals surface area contributed by atoms with Crippen LogP contribution in [0.25, 0.3) is 0 Å². The third-order valence-corrected chi connectivity index (χ3v) is 7.33. The number of hydrogen-bond acceptors (Lipinski definition) is 6. The van der Waals surface area contributed by atoms with Crippen LogP contribution in [-0.4, -0.2) is 42.9 Å². The lowest BCUT2D eigenvalue weighted by molar-refractivity contribution is 0.0514. The van der Waals surface area contributed by atoms with Gasteiger partial charge in [-0.1, -0.05) is 44.4 Å². The van der Waals surface area contributed by atoms with Crippen LogP contribution in [0, 0.1) is 0 Å². The van der Waals surface area contributed by atoms with Gasteiger partial charge in [-0.25, -0.2) is 4.79 Å². The lowest BCUT2D eigenvalue weighted by Crippen LogP contribution is -2.45. The topological polar surface area (TPSA) is 87.8 Å². The molecule has 1 saturated carbocycles. The second-order valence-corrected chi connectivity index (χ2v) is 9.62. The van der Waals surface area contributed by atoms with Gasteiger partial charge >= 0.3 is 5.97 Å². The van der Waals surface area contributed by atoms with E-state index >= 15 is 0 Å². The van der Waals surface area contributed by atoms with Crippen molar-refractivity contribution in [3.8, 4) is 0 Å². The Morgan fingerprint density at radius 1 is 1.18 bits per heavy atom. The number of ether oxygens (including phenoxy) is 1.